The smallest absolute Gasteiger partial charge is 0.203 e. The summed E-state index contributed by atoms with van der Waals surface area (Å²) in [5.41, 5.74) is 4.22. The largest absolute Gasteiger partial charge is 0.507 e. The van der Waals surface area contributed by atoms with Crippen molar-refractivity contribution in [3.63, 3.8) is 0 Å². The molecule has 3 aromatic carbocycles. The van der Waals surface area contributed by atoms with Gasteiger partial charge in [0.1, 0.15) is 11.6 Å². The molecule has 0 radical (unpaired) electrons. The van der Waals surface area contributed by atoms with Crippen LogP contribution in [0.15, 0.2) is 77.5 Å². The third-order valence-corrected chi connectivity index (χ3v) is 7.97. The molecule has 206 valence electrons. The van der Waals surface area contributed by atoms with Crippen LogP contribution < -0.4 is 19.1 Å². The molecule has 8 heteroatoms. The van der Waals surface area contributed by atoms with Crippen molar-refractivity contribution in [1.82, 2.24) is 0 Å². The van der Waals surface area contributed by atoms with Crippen LogP contribution in [0.5, 0.6) is 17.2 Å². The summed E-state index contributed by atoms with van der Waals surface area (Å²) < 4.78 is 16.8. The van der Waals surface area contributed by atoms with Gasteiger partial charge in [-0.2, -0.15) is 0 Å². The van der Waals surface area contributed by atoms with Crippen molar-refractivity contribution in [1.29, 1.82) is 5.41 Å². The zero-order chi connectivity index (χ0) is 28.6. The molecule has 5 rings (SSSR count). The first-order chi connectivity index (χ1) is 19.3. The van der Waals surface area contributed by atoms with E-state index in [9.17, 15) is 15.3 Å². The molecule has 0 saturated carbocycles. The fourth-order valence-electron chi connectivity index (χ4n) is 5.65. The number of methoxy groups -OCH3 is 3. The first kappa shape index (κ1) is 27.3. The predicted octanol–water partition coefficient (Wildman–Crippen LogP) is 7.23. The Hall–Kier alpha value is -4.23. The number of amidine groups is 1. The molecule has 0 bridgehead atoms. The molecule has 0 saturated heterocycles. The molecule has 0 fully saturated rings. The second kappa shape index (κ2) is 11.1. The van der Waals surface area contributed by atoms with Gasteiger partial charge in [-0.05, 0) is 55.2 Å². The van der Waals surface area contributed by atoms with Gasteiger partial charge in [-0.15, -0.1) is 0 Å². The lowest BCUT2D eigenvalue weighted by Crippen LogP contribution is -2.42. The Kier molecular flexibility index (Phi) is 7.59. The topological polar surface area (TPSA) is 92.1 Å². The highest BCUT2D eigenvalue weighted by Gasteiger charge is 2.44. The van der Waals surface area contributed by atoms with E-state index in [2.05, 4.69) is 0 Å². The lowest BCUT2D eigenvalue weighted by Gasteiger charge is -2.42. The van der Waals surface area contributed by atoms with Gasteiger partial charge in [0.25, 0.3) is 0 Å². The fourth-order valence-corrected chi connectivity index (χ4v) is 5.82. The summed E-state index contributed by atoms with van der Waals surface area (Å²) in [6.45, 7) is 1.89. The summed E-state index contributed by atoms with van der Waals surface area (Å²) >= 11 is 6.52. The van der Waals surface area contributed by atoms with Gasteiger partial charge in [0.05, 0.1) is 27.0 Å². The Morgan fingerprint density at radius 3 is 2.27 bits per heavy atom. The third-order valence-electron chi connectivity index (χ3n) is 7.56. The van der Waals surface area contributed by atoms with Gasteiger partial charge in [-0.1, -0.05) is 48.0 Å². The van der Waals surface area contributed by atoms with Gasteiger partial charge in [0.15, 0.2) is 17.3 Å². The molecule has 1 aliphatic carbocycles. The van der Waals surface area contributed by atoms with Crippen LogP contribution in [-0.4, -0.2) is 38.1 Å². The van der Waals surface area contributed by atoms with Crippen molar-refractivity contribution in [3.05, 3.63) is 99.2 Å². The number of rotatable bonds is 6. The average molecular weight is 559 g/mol. The van der Waals surface area contributed by atoms with E-state index in [1.54, 1.807) is 35.2 Å². The SMILES string of the molecule is COc1cc(C2C3=C(CCCC3=O)N(c3cccc(Cl)c3C)C(=N)/C2=C(/O)c2ccccc2)cc(OC)c1OC. The van der Waals surface area contributed by atoms with E-state index in [4.69, 9.17) is 25.8 Å². The number of hydrogen-bond donors (Lipinski definition) is 2. The normalized spacial score (nSPS) is 18.4. The van der Waals surface area contributed by atoms with E-state index in [-0.39, 0.29) is 17.4 Å². The maximum Gasteiger partial charge on any atom is 0.203 e. The second-order valence-corrected chi connectivity index (χ2v) is 10.1. The van der Waals surface area contributed by atoms with Gasteiger partial charge < -0.3 is 19.3 Å². The number of ketones is 1. The average Bonchev–Trinajstić information content (AvgIpc) is 2.97. The van der Waals surface area contributed by atoms with E-state index in [0.29, 0.717) is 69.5 Å². The van der Waals surface area contributed by atoms with Crippen LogP contribution in [0, 0.1) is 12.3 Å². The number of aliphatic hydroxyl groups excluding tert-OH is 1. The molecule has 0 aromatic heterocycles. The van der Waals surface area contributed by atoms with Gasteiger partial charge in [0, 0.05) is 39.8 Å². The first-order valence-corrected chi connectivity index (χ1v) is 13.4. The molecule has 1 heterocycles. The highest BCUT2D eigenvalue weighted by atomic mass is 35.5. The third kappa shape index (κ3) is 4.50. The summed E-state index contributed by atoms with van der Waals surface area (Å²) in [5, 5.41) is 21.9. The van der Waals surface area contributed by atoms with Crippen LogP contribution in [0.1, 0.15) is 41.9 Å². The number of Topliss-reactive ketones (excluding diaryl/α,β-unsaturated/α-hetero) is 1. The lowest BCUT2D eigenvalue weighted by atomic mass is 9.73. The molecule has 0 amide bonds. The minimum absolute atomic E-state index is 0.0319. The zero-order valence-electron chi connectivity index (χ0n) is 22.9. The lowest BCUT2D eigenvalue weighted by molar-refractivity contribution is -0.116. The van der Waals surface area contributed by atoms with E-state index in [1.807, 2.05) is 37.3 Å². The number of carbonyl (C=O) groups is 1. The maximum absolute atomic E-state index is 13.8. The minimum Gasteiger partial charge on any atom is -0.507 e. The molecule has 1 unspecified atom stereocenters. The molecule has 3 aromatic rings. The van der Waals surface area contributed by atoms with Crippen LogP contribution in [0.2, 0.25) is 5.02 Å². The number of allylic oxidation sites excluding steroid dienone is 2. The van der Waals surface area contributed by atoms with Gasteiger partial charge >= 0.3 is 0 Å². The van der Waals surface area contributed by atoms with Crippen LogP contribution in [0.3, 0.4) is 0 Å². The van der Waals surface area contributed by atoms with E-state index in [1.165, 1.54) is 21.3 Å². The quantitative estimate of drug-likeness (QED) is 0.310. The summed E-state index contributed by atoms with van der Waals surface area (Å²) in [6.07, 6.45) is 1.62. The number of carbonyl (C=O) groups excluding carboxylic acids is 1. The van der Waals surface area contributed by atoms with Crippen LogP contribution in [0.4, 0.5) is 5.69 Å². The predicted molar refractivity (Wildman–Crippen MR) is 157 cm³/mol. The molecule has 40 heavy (non-hydrogen) atoms. The summed E-state index contributed by atoms with van der Waals surface area (Å²) in [6, 6.07) is 18.1. The Balaban J connectivity index is 1.89. The number of anilines is 1. The highest BCUT2D eigenvalue weighted by molar-refractivity contribution is 6.32. The van der Waals surface area contributed by atoms with Crippen molar-refractivity contribution < 1.29 is 24.1 Å². The number of nitrogens with one attached hydrogen (secondary N) is 1. The molecule has 7 nitrogen and oxygen atoms in total. The molecular weight excluding hydrogens is 528 g/mol. The number of benzene rings is 3. The molecular formula is C32H31ClN2O5. The number of hydrogen-bond acceptors (Lipinski definition) is 6. The Morgan fingerprint density at radius 2 is 1.65 bits per heavy atom. The monoisotopic (exact) mass is 558 g/mol. The summed E-state index contributed by atoms with van der Waals surface area (Å²) in [5.74, 6) is 0.451. The Bertz CT molecular complexity index is 1540. The van der Waals surface area contributed by atoms with Crippen molar-refractivity contribution in [2.24, 2.45) is 0 Å². The molecule has 1 aliphatic heterocycles. The first-order valence-electron chi connectivity index (χ1n) is 13.0. The van der Waals surface area contributed by atoms with Crippen LogP contribution in [-0.2, 0) is 4.79 Å². The van der Waals surface area contributed by atoms with Gasteiger partial charge in [-0.25, -0.2) is 0 Å². The van der Waals surface area contributed by atoms with E-state index < -0.39 is 5.92 Å². The van der Waals surface area contributed by atoms with Crippen molar-refractivity contribution >= 4 is 34.7 Å². The number of aliphatic hydroxyl groups is 1. The van der Waals surface area contributed by atoms with Crippen LogP contribution >= 0.6 is 11.6 Å². The Labute approximate surface area is 238 Å². The minimum atomic E-state index is -0.750. The Morgan fingerprint density at radius 1 is 0.975 bits per heavy atom. The maximum atomic E-state index is 13.8. The molecule has 1 atom stereocenters. The fraction of sp³-hybridized carbons (Fsp3) is 0.250. The molecule has 2 N–H and O–H groups in total. The number of ether oxygens (including phenoxy) is 3. The number of halogens is 1. The van der Waals surface area contributed by atoms with Gasteiger partial charge in [0.2, 0.25) is 5.75 Å². The van der Waals surface area contributed by atoms with Crippen molar-refractivity contribution in [3.8, 4) is 17.2 Å². The molecule has 0 spiro atoms. The summed E-state index contributed by atoms with van der Waals surface area (Å²) in [4.78, 5) is 15.6. The van der Waals surface area contributed by atoms with Crippen molar-refractivity contribution in [2.45, 2.75) is 32.1 Å². The molecule has 2 aliphatic rings. The van der Waals surface area contributed by atoms with E-state index >= 15 is 0 Å². The summed E-state index contributed by atoms with van der Waals surface area (Å²) in [7, 11) is 4.59. The highest BCUT2D eigenvalue weighted by Crippen LogP contribution is 2.51. The van der Waals surface area contributed by atoms with Gasteiger partial charge in [-0.3, -0.25) is 15.1 Å². The number of nitrogens with zero attached hydrogens (tertiary/aromatic N) is 1. The zero-order valence-corrected chi connectivity index (χ0v) is 23.6. The van der Waals surface area contributed by atoms with Crippen molar-refractivity contribution in [2.75, 3.05) is 26.2 Å². The van der Waals surface area contributed by atoms with E-state index in [0.717, 1.165) is 11.3 Å². The van der Waals surface area contributed by atoms with Crippen LogP contribution in [0.25, 0.3) is 5.76 Å². The standard InChI is InChI=1S/C32H31ClN2O5/c1-18-21(33)12-8-13-22(18)35-23-14-9-15-24(36)28(23)27(20-16-25(38-2)31(40-4)26(17-20)39-3)29(32(35)34)30(37)19-10-6-5-7-11-19/h5-8,10-13,16-17,27,34,37H,9,14-15H2,1-4H3/b30-29+,34-32?. The second-order valence-electron chi connectivity index (χ2n) is 9.73.